The molecular weight excluding hydrogens is 502 g/mol. The molecular formula is C25H31N3O6S2. The zero-order valence-electron chi connectivity index (χ0n) is 20.7. The Kier molecular flexibility index (Phi) is 8.45. The number of rotatable bonds is 9. The van der Waals surface area contributed by atoms with E-state index in [2.05, 4.69) is 4.99 Å². The summed E-state index contributed by atoms with van der Waals surface area (Å²) >= 11 is 1.43. The number of benzene rings is 2. The highest BCUT2D eigenvalue weighted by atomic mass is 32.2. The normalized spacial score (nSPS) is 15.9. The Bertz CT molecular complexity index is 1370. The summed E-state index contributed by atoms with van der Waals surface area (Å²) in [6.07, 6.45) is 0.852. The molecule has 0 atom stereocenters. The first-order valence-electron chi connectivity index (χ1n) is 11.8. The van der Waals surface area contributed by atoms with Crippen molar-refractivity contribution >= 4 is 37.5 Å². The van der Waals surface area contributed by atoms with Crippen LogP contribution in [0, 0.1) is 5.92 Å². The number of carbonyl (C=O) groups is 1. The van der Waals surface area contributed by atoms with Crippen LogP contribution in [0.4, 0.5) is 0 Å². The molecule has 0 saturated carbocycles. The molecule has 11 heteroatoms. The van der Waals surface area contributed by atoms with Crippen LogP contribution < -0.4 is 14.3 Å². The van der Waals surface area contributed by atoms with Crippen LogP contribution in [-0.2, 0) is 26.1 Å². The van der Waals surface area contributed by atoms with Crippen LogP contribution in [-0.4, -0.2) is 63.7 Å². The maximum absolute atomic E-state index is 13.1. The van der Waals surface area contributed by atoms with E-state index < -0.39 is 10.0 Å². The van der Waals surface area contributed by atoms with Crippen LogP contribution in [0.5, 0.6) is 11.5 Å². The Morgan fingerprint density at radius 1 is 1.06 bits per heavy atom. The molecule has 0 unspecified atom stereocenters. The van der Waals surface area contributed by atoms with Crippen LogP contribution >= 0.6 is 11.3 Å². The van der Waals surface area contributed by atoms with E-state index in [1.807, 2.05) is 29.7 Å². The van der Waals surface area contributed by atoms with Gasteiger partial charge in [-0.3, -0.25) is 4.79 Å². The van der Waals surface area contributed by atoms with Gasteiger partial charge in [-0.25, -0.2) is 8.42 Å². The zero-order valence-corrected chi connectivity index (χ0v) is 22.3. The third-order valence-corrected chi connectivity index (χ3v) is 9.21. The summed E-state index contributed by atoms with van der Waals surface area (Å²) in [4.78, 5) is 18.4. The van der Waals surface area contributed by atoms with E-state index in [1.165, 1.54) is 34.9 Å². The lowest BCUT2D eigenvalue weighted by atomic mass is 9.98. The number of thiazole rings is 1. The summed E-state index contributed by atoms with van der Waals surface area (Å²) in [5.41, 5.74) is 0.965. The monoisotopic (exact) mass is 533 g/mol. The highest BCUT2D eigenvalue weighted by Gasteiger charge is 2.32. The predicted molar refractivity (Wildman–Crippen MR) is 138 cm³/mol. The molecule has 9 nitrogen and oxygen atoms in total. The van der Waals surface area contributed by atoms with E-state index in [0.29, 0.717) is 43.2 Å². The molecule has 1 amide bonds. The zero-order chi connectivity index (χ0) is 25.7. The number of nitrogens with zero attached hydrogens (tertiary/aromatic N) is 3. The summed E-state index contributed by atoms with van der Waals surface area (Å²) in [6.45, 7) is 4.18. The Balaban J connectivity index is 1.51. The van der Waals surface area contributed by atoms with Gasteiger partial charge in [0, 0.05) is 32.2 Å². The van der Waals surface area contributed by atoms with Gasteiger partial charge in [-0.05, 0) is 62.2 Å². The summed E-state index contributed by atoms with van der Waals surface area (Å²) in [5.74, 6) is 0.787. The van der Waals surface area contributed by atoms with E-state index in [1.54, 1.807) is 19.2 Å². The van der Waals surface area contributed by atoms with Gasteiger partial charge in [0.1, 0.15) is 11.5 Å². The number of piperidine rings is 1. The number of carbonyl (C=O) groups excluding carboxylic acids is 1. The van der Waals surface area contributed by atoms with Gasteiger partial charge in [-0.1, -0.05) is 11.3 Å². The number of hydrogen-bond acceptors (Lipinski definition) is 7. The Morgan fingerprint density at radius 2 is 1.72 bits per heavy atom. The third kappa shape index (κ3) is 5.64. The highest BCUT2D eigenvalue weighted by molar-refractivity contribution is 7.89. The van der Waals surface area contributed by atoms with Crippen molar-refractivity contribution in [1.29, 1.82) is 0 Å². The van der Waals surface area contributed by atoms with Crippen molar-refractivity contribution in [1.82, 2.24) is 8.87 Å². The van der Waals surface area contributed by atoms with E-state index in [-0.39, 0.29) is 29.8 Å². The molecule has 0 radical (unpaired) electrons. The molecule has 0 bridgehead atoms. The molecule has 2 heterocycles. The van der Waals surface area contributed by atoms with Crippen molar-refractivity contribution in [2.45, 2.75) is 31.2 Å². The molecule has 0 spiro atoms. The van der Waals surface area contributed by atoms with Gasteiger partial charge < -0.3 is 18.8 Å². The first kappa shape index (κ1) is 26.3. The molecule has 2 aromatic carbocycles. The summed E-state index contributed by atoms with van der Waals surface area (Å²) in [5, 5.41) is 0. The van der Waals surface area contributed by atoms with Gasteiger partial charge in [0.15, 0.2) is 4.80 Å². The van der Waals surface area contributed by atoms with E-state index in [0.717, 1.165) is 16.0 Å². The molecule has 3 aromatic rings. The minimum atomic E-state index is -3.63. The number of aromatic nitrogens is 1. The standard InChI is InChI=1S/C25H31N3O6S2/c1-4-34-16-15-28-22-10-7-20(33-3)17-23(22)35-25(28)26-24(29)18-11-13-27(14-12-18)36(30,31)21-8-5-19(32-2)6-9-21/h5-10,17-18H,4,11-16H2,1-3H3. The fraction of sp³-hybridized carbons (Fsp3) is 0.440. The Hall–Kier alpha value is -2.73. The van der Waals surface area contributed by atoms with Gasteiger partial charge in [0.05, 0.1) is 35.9 Å². The molecule has 1 aliphatic heterocycles. The van der Waals surface area contributed by atoms with Crippen LogP contribution in [0.1, 0.15) is 19.8 Å². The second kappa shape index (κ2) is 11.5. The van der Waals surface area contributed by atoms with Crippen LogP contribution in [0.25, 0.3) is 10.2 Å². The van der Waals surface area contributed by atoms with Gasteiger partial charge in [0.25, 0.3) is 5.91 Å². The molecule has 194 valence electrons. The van der Waals surface area contributed by atoms with Crippen molar-refractivity contribution in [3.05, 3.63) is 47.3 Å². The first-order chi connectivity index (χ1) is 17.4. The predicted octanol–water partition coefficient (Wildman–Crippen LogP) is 3.28. The molecule has 4 rings (SSSR count). The topological polar surface area (TPSA) is 99.4 Å². The van der Waals surface area contributed by atoms with Crippen molar-refractivity contribution in [2.24, 2.45) is 10.9 Å². The van der Waals surface area contributed by atoms with Gasteiger partial charge >= 0.3 is 0 Å². The Morgan fingerprint density at radius 3 is 2.36 bits per heavy atom. The van der Waals surface area contributed by atoms with Gasteiger partial charge in [0.2, 0.25) is 10.0 Å². The average molecular weight is 534 g/mol. The molecule has 1 fully saturated rings. The number of methoxy groups -OCH3 is 2. The summed E-state index contributed by atoms with van der Waals surface area (Å²) in [7, 11) is -0.477. The maximum Gasteiger partial charge on any atom is 0.251 e. The summed E-state index contributed by atoms with van der Waals surface area (Å²) in [6, 6.07) is 12.1. The molecule has 1 aromatic heterocycles. The van der Waals surface area contributed by atoms with Gasteiger partial charge in [-0.2, -0.15) is 9.30 Å². The fourth-order valence-corrected chi connectivity index (χ4v) is 6.77. The lowest BCUT2D eigenvalue weighted by Gasteiger charge is -2.29. The lowest BCUT2D eigenvalue weighted by molar-refractivity contribution is -0.122. The van der Waals surface area contributed by atoms with E-state index in [4.69, 9.17) is 14.2 Å². The number of sulfonamides is 1. The largest absolute Gasteiger partial charge is 0.497 e. The van der Waals surface area contributed by atoms with E-state index in [9.17, 15) is 13.2 Å². The Labute approximate surface area is 215 Å². The minimum Gasteiger partial charge on any atom is -0.497 e. The molecule has 0 aliphatic carbocycles. The van der Waals surface area contributed by atoms with Crippen molar-refractivity contribution < 1.29 is 27.4 Å². The number of ether oxygens (including phenoxy) is 3. The highest BCUT2D eigenvalue weighted by Crippen LogP contribution is 2.27. The van der Waals surface area contributed by atoms with Gasteiger partial charge in [-0.15, -0.1) is 0 Å². The van der Waals surface area contributed by atoms with E-state index >= 15 is 0 Å². The number of hydrogen-bond donors (Lipinski definition) is 0. The molecule has 1 saturated heterocycles. The quantitative estimate of drug-likeness (QED) is 0.392. The van der Waals surface area contributed by atoms with Crippen molar-refractivity contribution in [3.63, 3.8) is 0 Å². The molecule has 0 N–H and O–H groups in total. The second-order valence-corrected chi connectivity index (χ2v) is 11.3. The molecule has 36 heavy (non-hydrogen) atoms. The average Bonchev–Trinajstić information content (AvgIpc) is 3.24. The number of fused-ring (bicyclic) bond motifs is 1. The molecule has 1 aliphatic rings. The maximum atomic E-state index is 13.1. The second-order valence-electron chi connectivity index (χ2n) is 8.37. The van der Waals surface area contributed by atoms with Crippen LogP contribution in [0.3, 0.4) is 0 Å². The SMILES string of the molecule is CCOCCn1c(=NC(=O)C2CCN(S(=O)(=O)c3ccc(OC)cc3)CC2)sc2cc(OC)ccc21. The summed E-state index contributed by atoms with van der Waals surface area (Å²) < 4.78 is 46.4. The van der Waals surface area contributed by atoms with Crippen LogP contribution in [0.2, 0.25) is 0 Å². The van der Waals surface area contributed by atoms with Crippen LogP contribution in [0.15, 0.2) is 52.4 Å². The smallest absolute Gasteiger partial charge is 0.251 e. The fourth-order valence-electron chi connectivity index (χ4n) is 4.21. The third-order valence-electron chi connectivity index (χ3n) is 6.26. The minimum absolute atomic E-state index is 0.216. The van der Waals surface area contributed by atoms with Crippen molar-refractivity contribution in [2.75, 3.05) is 40.5 Å². The number of amides is 1. The lowest BCUT2D eigenvalue weighted by Crippen LogP contribution is -2.40. The van der Waals surface area contributed by atoms with Crippen molar-refractivity contribution in [3.8, 4) is 11.5 Å². The first-order valence-corrected chi connectivity index (χ1v) is 14.1.